The smallest absolute Gasteiger partial charge is 0.249 e. The van der Waals surface area contributed by atoms with Crippen LogP contribution >= 0.6 is 23.2 Å². The first-order chi connectivity index (χ1) is 12.4. The summed E-state index contributed by atoms with van der Waals surface area (Å²) in [6.45, 7) is 2.40. The van der Waals surface area contributed by atoms with E-state index in [4.69, 9.17) is 23.2 Å². The van der Waals surface area contributed by atoms with Gasteiger partial charge < -0.3 is 5.32 Å². The van der Waals surface area contributed by atoms with Crippen molar-refractivity contribution in [2.75, 3.05) is 5.32 Å². The lowest BCUT2D eigenvalue weighted by Gasteiger charge is -2.07. The third-order valence-corrected chi connectivity index (χ3v) is 4.31. The number of hydrogen-bond donors (Lipinski definition) is 1. The number of carbonyl (C=O) groups excluding carboxylic acids is 1. The summed E-state index contributed by atoms with van der Waals surface area (Å²) in [5, 5.41) is 12.4. The maximum Gasteiger partial charge on any atom is 0.249 e. The molecule has 2 heterocycles. The molecule has 1 N–H and O–H groups in total. The summed E-state index contributed by atoms with van der Waals surface area (Å²) in [5.74, 6) is 0.219. The van der Waals surface area contributed by atoms with Crippen LogP contribution in [0.5, 0.6) is 0 Å². The minimum Gasteiger partial charge on any atom is -0.306 e. The second-order valence-electron chi connectivity index (χ2n) is 5.83. The number of nitrogens with one attached hydrogen (secondary N) is 1. The molecule has 1 amide bonds. The van der Waals surface area contributed by atoms with Crippen LogP contribution in [0, 0.1) is 6.92 Å². The van der Waals surface area contributed by atoms with Crippen molar-refractivity contribution in [3.63, 3.8) is 0 Å². The van der Waals surface area contributed by atoms with Gasteiger partial charge in [-0.1, -0.05) is 29.3 Å². The molecule has 134 valence electrons. The number of hydrogen-bond acceptors (Lipinski definition) is 3. The third kappa shape index (κ3) is 4.53. The zero-order valence-electron chi connectivity index (χ0n) is 14.3. The summed E-state index contributed by atoms with van der Waals surface area (Å²) in [6.07, 6.45) is 6.64. The molecule has 6 nitrogen and oxygen atoms in total. The number of carbonyl (C=O) groups is 1. The Morgan fingerprint density at radius 3 is 2.81 bits per heavy atom. The van der Waals surface area contributed by atoms with Gasteiger partial charge in [0.2, 0.25) is 5.91 Å². The number of rotatable bonds is 5. The number of halogens is 2. The van der Waals surface area contributed by atoms with Gasteiger partial charge in [-0.2, -0.15) is 10.2 Å². The predicted octanol–water partition coefficient (Wildman–Crippen LogP) is 3.93. The fourth-order valence-electron chi connectivity index (χ4n) is 2.41. The van der Waals surface area contributed by atoms with Crippen LogP contribution in [-0.2, 0) is 18.4 Å². The van der Waals surface area contributed by atoms with Gasteiger partial charge in [0.1, 0.15) is 0 Å². The molecule has 0 saturated carbocycles. The van der Waals surface area contributed by atoms with Crippen LogP contribution in [0.15, 0.2) is 42.7 Å². The van der Waals surface area contributed by atoms with E-state index in [0.29, 0.717) is 22.4 Å². The van der Waals surface area contributed by atoms with Crippen molar-refractivity contribution in [3.05, 3.63) is 69.6 Å². The fraction of sp³-hybridized carbons (Fsp3) is 0.167. The molecule has 0 saturated heterocycles. The van der Waals surface area contributed by atoms with Gasteiger partial charge in [0.15, 0.2) is 5.82 Å². The van der Waals surface area contributed by atoms with Crippen LogP contribution in [0.1, 0.15) is 16.8 Å². The Labute approximate surface area is 161 Å². The Hall–Kier alpha value is -2.57. The van der Waals surface area contributed by atoms with Gasteiger partial charge in [0, 0.05) is 46.7 Å². The lowest BCUT2D eigenvalue weighted by Crippen LogP contribution is -2.09. The lowest BCUT2D eigenvalue weighted by molar-refractivity contribution is -0.111. The van der Waals surface area contributed by atoms with Crippen molar-refractivity contribution >= 4 is 41.0 Å². The zero-order chi connectivity index (χ0) is 18.7. The highest BCUT2D eigenvalue weighted by molar-refractivity contribution is 6.35. The Bertz CT molecular complexity index is 974. The number of benzene rings is 1. The van der Waals surface area contributed by atoms with Crippen LogP contribution in [0.3, 0.4) is 0 Å². The van der Waals surface area contributed by atoms with Gasteiger partial charge in [-0.3, -0.25) is 14.2 Å². The molecule has 0 atom stereocenters. The van der Waals surface area contributed by atoms with Crippen molar-refractivity contribution < 1.29 is 4.79 Å². The molecule has 3 rings (SSSR count). The van der Waals surface area contributed by atoms with Gasteiger partial charge in [-0.15, -0.1) is 0 Å². The topological polar surface area (TPSA) is 64.7 Å². The van der Waals surface area contributed by atoms with Crippen LogP contribution in [0.4, 0.5) is 5.82 Å². The molecule has 26 heavy (non-hydrogen) atoms. The number of nitrogens with zero attached hydrogens (tertiary/aromatic N) is 4. The monoisotopic (exact) mass is 389 g/mol. The predicted molar refractivity (Wildman–Crippen MR) is 103 cm³/mol. The van der Waals surface area contributed by atoms with Crippen molar-refractivity contribution in [2.45, 2.75) is 13.5 Å². The van der Waals surface area contributed by atoms with Crippen molar-refractivity contribution in [3.8, 4) is 0 Å². The van der Waals surface area contributed by atoms with E-state index in [-0.39, 0.29) is 5.91 Å². The molecule has 1 aromatic carbocycles. The zero-order valence-corrected chi connectivity index (χ0v) is 15.8. The van der Waals surface area contributed by atoms with Crippen LogP contribution in [-0.4, -0.2) is 25.5 Å². The minimum absolute atomic E-state index is 0.261. The molecule has 0 bridgehead atoms. The molecule has 0 spiro atoms. The second kappa shape index (κ2) is 7.76. The number of amides is 1. The molecule has 3 aromatic rings. The highest BCUT2D eigenvalue weighted by Crippen LogP contribution is 2.22. The van der Waals surface area contributed by atoms with E-state index in [1.807, 2.05) is 26.2 Å². The quantitative estimate of drug-likeness (QED) is 0.672. The first-order valence-corrected chi connectivity index (χ1v) is 8.62. The van der Waals surface area contributed by atoms with E-state index in [1.54, 1.807) is 39.8 Å². The first-order valence-electron chi connectivity index (χ1n) is 7.87. The summed E-state index contributed by atoms with van der Waals surface area (Å²) in [5.41, 5.74) is 2.65. The van der Waals surface area contributed by atoms with E-state index in [1.165, 1.54) is 6.08 Å². The largest absolute Gasteiger partial charge is 0.306 e. The van der Waals surface area contributed by atoms with Crippen LogP contribution < -0.4 is 5.32 Å². The summed E-state index contributed by atoms with van der Waals surface area (Å²) in [7, 11) is 1.82. The third-order valence-electron chi connectivity index (χ3n) is 3.72. The molecule has 0 aliphatic carbocycles. The van der Waals surface area contributed by atoms with E-state index in [9.17, 15) is 4.79 Å². The van der Waals surface area contributed by atoms with Gasteiger partial charge in [0.25, 0.3) is 0 Å². The Kier molecular flexibility index (Phi) is 5.44. The summed E-state index contributed by atoms with van der Waals surface area (Å²) >= 11 is 12.1. The number of aryl methyl sites for hydroxylation is 2. The molecule has 8 heteroatoms. The van der Waals surface area contributed by atoms with Crippen molar-refractivity contribution in [2.24, 2.45) is 7.05 Å². The highest BCUT2D eigenvalue weighted by atomic mass is 35.5. The maximum absolute atomic E-state index is 12.1. The van der Waals surface area contributed by atoms with Crippen molar-refractivity contribution in [1.29, 1.82) is 0 Å². The Morgan fingerprint density at radius 2 is 2.12 bits per heavy atom. The van der Waals surface area contributed by atoms with Crippen LogP contribution in [0.25, 0.3) is 6.08 Å². The van der Waals surface area contributed by atoms with Gasteiger partial charge in [-0.25, -0.2) is 0 Å². The Morgan fingerprint density at radius 1 is 1.31 bits per heavy atom. The van der Waals surface area contributed by atoms with Crippen molar-refractivity contribution in [1.82, 2.24) is 19.6 Å². The molecule has 0 radical (unpaired) electrons. The van der Waals surface area contributed by atoms with Gasteiger partial charge in [-0.05, 0) is 30.7 Å². The number of aromatic nitrogens is 4. The van der Waals surface area contributed by atoms with E-state index in [2.05, 4.69) is 15.5 Å². The number of anilines is 1. The SMILES string of the molecule is Cc1cc(NC(=O)/C=C/c2cnn(C)c2)nn1Cc1ccc(Cl)cc1Cl. The lowest BCUT2D eigenvalue weighted by atomic mass is 10.2. The average Bonchev–Trinajstić information content (AvgIpc) is 3.14. The average molecular weight is 390 g/mol. The standard InChI is InChI=1S/C18H17Cl2N5O/c1-12-7-17(22-18(26)6-3-13-9-21-24(2)10-13)23-25(12)11-14-4-5-15(19)8-16(14)20/h3-10H,11H2,1-2H3,(H,22,23,26)/b6-3+. The first kappa shape index (κ1) is 18.2. The molecule has 0 aliphatic rings. The summed E-state index contributed by atoms with van der Waals surface area (Å²) < 4.78 is 3.44. The second-order valence-corrected chi connectivity index (χ2v) is 6.68. The summed E-state index contributed by atoms with van der Waals surface area (Å²) in [6, 6.07) is 7.15. The van der Waals surface area contributed by atoms with E-state index < -0.39 is 0 Å². The molecule has 2 aromatic heterocycles. The van der Waals surface area contributed by atoms with E-state index in [0.717, 1.165) is 16.8 Å². The molecule has 0 aliphatic heterocycles. The molecule has 0 fully saturated rings. The maximum atomic E-state index is 12.1. The van der Waals surface area contributed by atoms with Gasteiger partial charge >= 0.3 is 0 Å². The Balaban J connectivity index is 1.67. The molecule has 0 unspecified atom stereocenters. The van der Waals surface area contributed by atoms with E-state index >= 15 is 0 Å². The summed E-state index contributed by atoms with van der Waals surface area (Å²) in [4.78, 5) is 12.1. The normalized spacial score (nSPS) is 11.2. The fourth-order valence-corrected chi connectivity index (χ4v) is 2.88. The van der Waals surface area contributed by atoms with Crippen LogP contribution in [0.2, 0.25) is 10.0 Å². The molecular weight excluding hydrogens is 373 g/mol. The minimum atomic E-state index is -0.261. The van der Waals surface area contributed by atoms with Gasteiger partial charge in [0.05, 0.1) is 12.7 Å². The molecular formula is C18H17Cl2N5O. The highest BCUT2D eigenvalue weighted by Gasteiger charge is 2.09.